The molecule has 9 heteroatoms. The van der Waals surface area contributed by atoms with Crippen LogP contribution in [0.3, 0.4) is 0 Å². The first-order chi connectivity index (χ1) is 12.3. The number of nitrogens with one attached hydrogen (secondary N) is 1. The van der Waals surface area contributed by atoms with Crippen molar-refractivity contribution in [3.8, 4) is 11.5 Å². The Morgan fingerprint density at radius 1 is 1.38 bits per heavy atom. The van der Waals surface area contributed by atoms with Crippen molar-refractivity contribution in [2.45, 2.75) is 13.8 Å². The fourth-order valence-electron chi connectivity index (χ4n) is 2.19. The van der Waals surface area contributed by atoms with Gasteiger partial charge in [-0.3, -0.25) is 14.9 Å². The van der Waals surface area contributed by atoms with Gasteiger partial charge in [0.2, 0.25) is 0 Å². The van der Waals surface area contributed by atoms with Gasteiger partial charge in [0.1, 0.15) is 11.5 Å². The second kappa shape index (κ2) is 8.43. The van der Waals surface area contributed by atoms with Crippen molar-refractivity contribution < 1.29 is 19.6 Å². The summed E-state index contributed by atoms with van der Waals surface area (Å²) in [4.78, 5) is 22.0. The number of nitrogens with zero attached hydrogens (tertiary/aromatic N) is 2. The third-order valence-electron chi connectivity index (χ3n) is 3.34. The van der Waals surface area contributed by atoms with Crippen LogP contribution in [0.1, 0.15) is 16.7 Å². The molecule has 0 aromatic heterocycles. The van der Waals surface area contributed by atoms with E-state index in [0.717, 1.165) is 27.9 Å². The number of hydrazone groups is 1. The topological polar surface area (TPSA) is 114 Å². The Morgan fingerprint density at radius 3 is 2.77 bits per heavy atom. The highest BCUT2D eigenvalue weighted by molar-refractivity contribution is 9.10. The van der Waals surface area contributed by atoms with E-state index in [4.69, 9.17) is 4.74 Å². The van der Waals surface area contributed by atoms with Crippen molar-refractivity contribution in [2.24, 2.45) is 5.10 Å². The maximum Gasteiger partial charge on any atom is 0.277 e. The van der Waals surface area contributed by atoms with E-state index in [2.05, 4.69) is 26.5 Å². The van der Waals surface area contributed by atoms with Gasteiger partial charge >= 0.3 is 0 Å². The lowest BCUT2D eigenvalue weighted by atomic mass is 10.1. The molecule has 0 heterocycles. The number of carbonyl (C=O) groups is 1. The summed E-state index contributed by atoms with van der Waals surface area (Å²) in [6.45, 7) is 3.56. The molecule has 2 N–H and O–H groups in total. The minimum absolute atomic E-state index is 0.109. The number of aromatic hydroxyl groups is 1. The number of aryl methyl sites for hydroxylation is 2. The molecule has 0 aliphatic carbocycles. The first kappa shape index (κ1) is 19.4. The van der Waals surface area contributed by atoms with Gasteiger partial charge in [0.25, 0.3) is 11.6 Å². The summed E-state index contributed by atoms with van der Waals surface area (Å²) < 4.78 is 6.23. The van der Waals surface area contributed by atoms with Crippen LogP contribution in [0.15, 0.2) is 39.9 Å². The molecule has 1 amide bonds. The summed E-state index contributed by atoms with van der Waals surface area (Å²) in [6.07, 6.45) is 1.12. The highest BCUT2D eigenvalue weighted by atomic mass is 79.9. The molecule has 0 aliphatic rings. The summed E-state index contributed by atoms with van der Waals surface area (Å²) in [5, 5.41) is 24.1. The normalized spacial score (nSPS) is 10.7. The quantitative estimate of drug-likeness (QED) is 0.422. The SMILES string of the molecule is Cc1cc(C)c(OCC(=O)N/N=C/c2cc([N+](=O)[O-])ccc2O)c(Br)c1. The molecule has 0 saturated carbocycles. The highest BCUT2D eigenvalue weighted by Gasteiger charge is 2.10. The molecule has 8 nitrogen and oxygen atoms in total. The summed E-state index contributed by atoms with van der Waals surface area (Å²) in [7, 11) is 0. The summed E-state index contributed by atoms with van der Waals surface area (Å²) in [5.74, 6) is -0.145. The zero-order chi connectivity index (χ0) is 19.3. The van der Waals surface area contributed by atoms with Gasteiger partial charge in [-0.15, -0.1) is 0 Å². The number of ether oxygens (including phenoxy) is 1. The third-order valence-corrected chi connectivity index (χ3v) is 3.93. The van der Waals surface area contributed by atoms with Crippen LogP contribution in [-0.2, 0) is 4.79 Å². The number of benzene rings is 2. The number of phenolic OH excluding ortho intramolecular Hbond substituents is 1. The van der Waals surface area contributed by atoms with Crippen LogP contribution in [0, 0.1) is 24.0 Å². The number of nitro groups is 1. The number of hydrogen-bond donors (Lipinski definition) is 2. The Kier molecular flexibility index (Phi) is 6.29. The smallest absolute Gasteiger partial charge is 0.277 e. The van der Waals surface area contributed by atoms with Gasteiger partial charge in [0, 0.05) is 17.7 Å². The number of halogens is 1. The standard InChI is InChI=1S/C17H16BrN3O5/c1-10-5-11(2)17(14(18)6-10)26-9-16(23)20-19-8-12-7-13(21(24)25)3-4-15(12)22/h3-8,22H,9H2,1-2H3,(H,20,23)/b19-8+. The average Bonchev–Trinajstić information content (AvgIpc) is 2.55. The molecule has 0 unspecified atom stereocenters. The number of rotatable bonds is 6. The van der Waals surface area contributed by atoms with Crippen molar-refractivity contribution in [2.75, 3.05) is 6.61 Å². The van der Waals surface area contributed by atoms with E-state index < -0.39 is 10.8 Å². The first-order valence-electron chi connectivity index (χ1n) is 7.47. The van der Waals surface area contributed by atoms with Crippen LogP contribution in [0.5, 0.6) is 11.5 Å². The summed E-state index contributed by atoms with van der Waals surface area (Å²) >= 11 is 3.39. The minimum Gasteiger partial charge on any atom is -0.507 e. The monoisotopic (exact) mass is 421 g/mol. The number of phenols is 1. The molecular weight excluding hydrogens is 406 g/mol. The molecule has 0 radical (unpaired) electrons. The van der Waals surface area contributed by atoms with E-state index in [9.17, 15) is 20.0 Å². The van der Waals surface area contributed by atoms with Gasteiger partial charge in [-0.2, -0.15) is 5.10 Å². The van der Waals surface area contributed by atoms with Crippen molar-refractivity contribution in [1.82, 2.24) is 5.43 Å². The lowest BCUT2D eigenvalue weighted by Gasteiger charge is -2.11. The molecule has 2 aromatic carbocycles. The molecule has 2 aromatic rings. The molecule has 0 atom stereocenters. The van der Waals surface area contributed by atoms with Crippen LogP contribution in [0.2, 0.25) is 0 Å². The van der Waals surface area contributed by atoms with E-state index in [0.29, 0.717) is 5.75 Å². The Labute approximate surface area is 157 Å². The van der Waals surface area contributed by atoms with Gasteiger partial charge in [-0.1, -0.05) is 6.07 Å². The lowest BCUT2D eigenvalue weighted by molar-refractivity contribution is -0.384. The van der Waals surface area contributed by atoms with Crippen molar-refractivity contribution in [3.05, 3.63) is 61.6 Å². The zero-order valence-corrected chi connectivity index (χ0v) is 15.6. The van der Waals surface area contributed by atoms with E-state index in [1.165, 1.54) is 12.1 Å². The molecule has 0 saturated heterocycles. The predicted octanol–water partition coefficient (Wildman–Crippen LogP) is 3.21. The maximum absolute atomic E-state index is 11.8. The Balaban J connectivity index is 1.96. The van der Waals surface area contributed by atoms with Gasteiger partial charge in [-0.25, -0.2) is 5.43 Å². The molecule has 0 spiro atoms. The molecular formula is C17H16BrN3O5. The van der Waals surface area contributed by atoms with Crippen LogP contribution >= 0.6 is 15.9 Å². The van der Waals surface area contributed by atoms with Gasteiger partial charge in [0.05, 0.1) is 15.6 Å². The first-order valence-corrected chi connectivity index (χ1v) is 8.26. The van der Waals surface area contributed by atoms with Crippen LogP contribution < -0.4 is 10.2 Å². The third kappa shape index (κ3) is 5.03. The van der Waals surface area contributed by atoms with E-state index in [1.807, 2.05) is 26.0 Å². The van der Waals surface area contributed by atoms with Crippen molar-refractivity contribution in [1.29, 1.82) is 0 Å². The predicted molar refractivity (Wildman–Crippen MR) is 99.6 cm³/mol. The summed E-state index contributed by atoms with van der Waals surface area (Å²) in [5.41, 5.74) is 4.10. The van der Waals surface area contributed by atoms with Gasteiger partial charge < -0.3 is 9.84 Å². The fraction of sp³-hybridized carbons (Fsp3) is 0.176. The van der Waals surface area contributed by atoms with Crippen molar-refractivity contribution >= 4 is 33.7 Å². The van der Waals surface area contributed by atoms with Gasteiger partial charge in [-0.05, 0) is 53.0 Å². The number of carbonyl (C=O) groups excluding carboxylic acids is 1. The van der Waals surface area contributed by atoms with E-state index in [-0.39, 0.29) is 23.6 Å². The second-order valence-corrected chi connectivity index (χ2v) is 6.33. The molecule has 0 aliphatic heterocycles. The second-order valence-electron chi connectivity index (χ2n) is 5.47. The zero-order valence-electron chi connectivity index (χ0n) is 14.0. The number of hydrogen-bond acceptors (Lipinski definition) is 6. The number of nitro benzene ring substituents is 1. The Bertz CT molecular complexity index is 860. The van der Waals surface area contributed by atoms with Crippen LogP contribution in [0.25, 0.3) is 0 Å². The molecule has 0 bridgehead atoms. The summed E-state index contributed by atoms with van der Waals surface area (Å²) in [6, 6.07) is 7.31. The lowest BCUT2D eigenvalue weighted by Crippen LogP contribution is -2.24. The fourth-order valence-corrected chi connectivity index (χ4v) is 2.98. The Morgan fingerprint density at radius 2 is 2.12 bits per heavy atom. The maximum atomic E-state index is 11.8. The van der Waals surface area contributed by atoms with E-state index in [1.54, 1.807) is 0 Å². The van der Waals surface area contributed by atoms with E-state index >= 15 is 0 Å². The number of amides is 1. The number of non-ortho nitro benzene ring substituents is 1. The van der Waals surface area contributed by atoms with Crippen molar-refractivity contribution in [3.63, 3.8) is 0 Å². The molecule has 2 rings (SSSR count). The van der Waals surface area contributed by atoms with Gasteiger partial charge in [0.15, 0.2) is 6.61 Å². The Hall–Kier alpha value is -2.94. The van der Waals surface area contributed by atoms with Crippen LogP contribution in [0.4, 0.5) is 5.69 Å². The molecule has 136 valence electrons. The minimum atomic E-state index is -0.592. The van der Waals surface area contributed by atoms with Crippen LogP contribution in [-0.4, -0.2) is 28.8 Å². The molecule has 26 heavy (non-hydrogen) atoms. The molecule has 0 fully saturated rings. The average molecular weight is 422 g/mol. The largest absolute Gasteiger partial charge is 0.507 e. The highest BCUT2D eigenvalue weighted by Crippen LogP contribution is 2.30.